The lowest BCUT2D eigenvalue weighted by Crippen LogP contribution is -2.27. The van der Waals surface area contributed by atoms with Gasteiger partial charge in [-0.15, -0.1) is 0 Å². The van der Waals surface area contributed by atoms with E-state index in [1.54, 1.807) is 13.8 Å². The van der Waals surface area contributed by atoms with E-state index in [4.69, 9.17) is 4.52 Å². The average Bonchev–Trinajstić information content (AvgIpc) is 2.94. The highest BCUT2D eigenvalue weighted by Crippen LogP contribution is 2.22. The quantitative estimate of drug-likeness (QED) is 0.772. The number of carbonyl (C=O) groups excluding carboxylic acids is 1. The summed E-state index contributed by atoms with van der Waals surface area (Å²) in [5, 5.41) is 6.83. The first-order chi connectivity index (χ1) is 11.6. The summed E-state index contributed by atoms with van der Waals surface area (Å²) in [5.74, 6) is 0.377. The van der Waals surface area contributed by atoms with Crippen LogP contribution in [0.3, 0.4) is 0 Å². The summed E-state index contributed by atoms with van der Waals surface area (Å²) < 4.78 is 5.06. The molecule has 0 unspecified atom stereocenters. The van der Waals surface area contributed by atoms with E-state index in [9.17, 15) is 4.79 Å². The molecule has 0 radical (unpaired) electrons. The van der Waals surface area contributed by atoms with E-state index in [2.05, 4.69) is 34.7 Å². The lowest BCUT2D eigenvalue weighted by atomic mass is 10.0. The van der Waals surface area contributed by atoms with Crippen molar-refractivity contribution in [2.24, 2.45) is 0 Å². The summed E-state index contributed by atoms with van der Waals surface area (Å²) in [6.07, 6.45) is 0. The molecule has 122 valence electrons. The standard InChI is InChI=1S/C20H20N2O2/c1-13(21-20(23)19-14(2)22-24-15(19)3)16-9-11-18(12-10-16)17-7-5-4-6-8-17/h4-13H,1-3H3,(H,21,23)/t13-/m1/s1. The lowest BCUT2D eigenvalue weighted by Gasteiger charge is -2.15. The van der Waals surface area contributed by atoms with Crippen molar-refractivity contribution in [3.05, 3.63) is 77.2 Å². The van der Waals surface area contributed by atoms with Gasteiger partial charge in [0.25, 0.3) is 5.91 Å². The molecule has 4 heteroatoms. The minimum atomic E-state index is -0.161. The zero-order valence-corrected chi connectivity index (χ0v) is 14.0. The number of amides is 1. The second-order valence-corrected chi connectivity index (χ2v) is 5.88. The molecule has 1 atom stereocenters. The Balaban J connectivity index is 1.74. The maximum absolute atomic E-state index is 12.4. The van der Waals surface area contributed by atoms with Crippen molar-refractivity contribution in [3.8, 4) is 11.1 Å². The van der Waals surface area contributed by atoms with Crippen molar-refractivity contribution in [1.82, 2.24) is 10.5 Å². The summed E-state index contributed by atoms with van der Waals surface area (Å²) in [5.41, 5.74) is 4.51. The molecule has 0 saturated heterocycles. The van der Waals surface area contributed by atoms with Gasteiger partial charge in [-0.05, 0) is 37.5 Å². The van der Waals surface area contributed by atoms with Crippen LogP contribution >= 0.6 is 0 Å². The van der Waals surface area contributed by atoms with Crippen LogP contribution in [-0.2, 0) is 0 Å². The maximum Gasteiger partial charge on any atom is 0.257 e. The number of rotatable bonds is 4. The number of aromatic nitrogens is 1. The van der Waals surface area contributed by atoms with Crippen LogP contribution in [0.5, 0.6) is 0 Å². The highest BCUT2D eigenvalue weighted by atomic mass is 16.5. The monoisotopic (exact) mass is 320 g/mol. The number of nitrogens with zero attached hydrogens (tertiary/aromatic N) is 1. The van der Waals surface area contributed by atoms with Crippen molar-refractivity contribution < 1.29 is 9.32 Å². The summed E-state index contributed by atoms with van der Waals surface area (Å²) in [6.45, 7) is 5.48. The van der Waals surface area contributed by atoms with E-state index < -0.39 is 0 Å². The third-order valence-electron chi connectivity index (χ3n) is 4.13. The van der Waals surface area contributed by atoms with Crippen molar-refractivity contribution >= 4 is 5.91 Å². The number of aryl methyl sites for hydroxylation is 2. The second-order valence-electron chi connectivity index (χ2n) is 5.88. The van der Waals surface area contributed by atoms with E-state index in [0.29, 0.717) is 17.0 Å². The lowest BCUT2D eigenvalue weighted by molar-refractivity contribution is 0.0938. The zero-order chi connectivity index (χ0) is 17.1. The SMILES string of the molecule is Cc1noc(C)c1C(=O)N[C@H](C)c1ccc(-c2ccccc2)cc1. The van der Waals surface area contributed by atoms with Crippen LogP contribution in [0.2, 0.25) is 0 Å². The van der Waals surface area contributed by atoms with Crippen LogP contribution in [0.1, 0.15) is 40.3 Å². The molecule has 4 nitrogen and oxygen atoms in total. The van der Waals surface area contributed by atoms with Crippen LogP contribution in [0.25, 0.3) is 11.1 Å². The van der Waals surface area contributed by atoms with Crippen molar-refractivity contribution in [2.45, 2.75) is 26.8 Å². The van der Waals surface area contributed by atoms with Gasteiger partial charge < -0.3 is 9.84 Å². The topological polar surface area (TPSA) is 55.1 Å². The first-order valence-corrected chi connectivity index (χ1v) is 7.95. The average molecular weight is 320 g/mol. The van der Waals surface area contributed by atoms with Crippen LogP contribution in [0, 0.1) is 13.8 Å². The predicted octanol–water partition coefficient (Wildman–Crippen LogP) is 4.45. The van der Waals surface area contributed by atoms with E-state index in [1.807, 2.05) is 37.3 Å². The Kier molecular flexibility index (Phi) is 4.47. The third kappa shape index (κ3) is 3.23. The number of carbonyl (C=O) groups is 1. The fourth-order valence-corrected chi connectivity index (χ4v) is 2.75. The van der Waals surface area contributed by atoms with E-state index in [0.717, 1.165) is 11.1 Å². The predicted molar refractivity (Wildman–Crippen MR) is 93.7 cm³/mol. The van der Waals surface area contributed by atoms with Crippen LogP contribution < -0.4 is 5.32 Å². The van der Waals surface area contributed by atoms with Gasteiger partial charge in [0.15, 0.2) is 0 Å². The molecule has 0 aliphatic rings. The second kappa shape index (κ2) is 6.71. The fraction of sp³-hybridized carbons (Fsp3) is 0.200. The van der Waals surface area contributed by atoms with Crippen molar-refractivity contribution in [2.75, 3.05) is 0 Å². The number of benzene rings is 2. The van der Waals surface area contributed by atoms with Gasteiger partial charge >= 0.3 is 0 Å². The van der Waals surface area contributed by atoms with Crippen LogP contribution in [-0.4, -0.2) is 11.1 Å². The molecule has 3 rings (SSSR count). The highest BCUT2D eigenvalue weighted by Gasteiger charge is 2.19. The minimum absolute atomic E-state index is 0.101. The van der Waals surface area contributed by atoms with Crippen molar-refractivity contribution in [3.63, 3.8) is 0 Å². The Morgan fingerprint density at radius 1 is 1.00 bits per heavy atom. The third-order valence-corrected chi connectivity index (χ3v) is 4.13. The minimum Gasteiger partial charge on any atom is -0.361 e. The van der Waals surface area contributed by atoms with Gasteiger partial charge in [-0.3, -0.25) is 4.79 Å². The molecule has 1 heterocycles. The normalized spacial score (nSPS) is 12.0. The number of nitrogens with one attached hydrogen (secondary N) is 1. The van der Waals surface area contributed by atoms with Crippen molar-refractivity contribution in [1.29, 1.82) is 0 Å². The molecular weight excluding hydrogens is 300 g/mol. The summed E-state index contributed by atoms with van der Waals surface area (Å²) in [6, 6.07) is 18.3. The summed E-state index contributed by atoms with van der Waals surface area (Å²) >= 11 is 0. The molecule has 3 aromatic rings. The van der Waals surface area contributed by atoms with Gasteiger partial charge in [0.1, 0.15) is 11.3 Å². The molecule has 0 fully saturated rings. The van der Waals surface area contributed by atoms with Gasteiger partial charge in [0.2, 0.25) is 0 Å². The van der Waals surface area contributed by atoms with E-state index in [1.165, 1.54) is 5.56 Å². The van der Waals surface area contributed by atoms with E-state index in [-0.39, 0.29) is 11.9 Å². The maximum atomic E-state index is 12.4. The molecule has 24 heavy (non-hydrogen) atoms. The Morgan fingerprint density at radius 2 is 1.62 bits per heavy atom. The Morgan fingerprint density at radius 3 is 2.21 bits per heavy atom. The van der Waals surface area contributed by atoms with Gasteiger partial charge in [0, 0.05) is 0 Å². The van der Waals surface area contributed by atoms with E-state index >= 15 is 0 Å². The largest absolute Gasteiger partial charge is 0.361 e. The number of hydrogen-bond donors (Lipinski definition) is 1. The molecule has 1 aromatic heterocycles. The molecule has 2 aromatic carbocycles. The zero-order valence-electron chi connectivity index (χ0n) is 14.0. The summed E-state index contributed by atoms with van der Waals surface area (Å²) in [7, 11) is 0. The summed E-state index contributed by atoms with van der Waals surface area (Å²) in [4.78, 5) is 12.4. The van der Waals surface area contributed by atoms with Gasteiger partial charge in [0.05, 0.1) is 11.7 Å². The molecular formula is C20H20N2O2. The molecule has 0 saturated carbocycles. The molecule has 0 bridgehead atoms. The molecule has 0 aliphatic heterocycles. The smallest absolute Gasteiger partial charge is 0.257 e. The molecule has 1 N–H and O–H groups in total. The Labute approximate surface area is 141 Å². The number of hydrogen-bond acceptors (Lipinski definition) is 3. The Hall–Kier alpha value is -2.88. The van der Waals surface area contributed by atoms with Crippen LogP contribution in [0.15, 0.2) is 59.1 Å². The van der Waals surface area contributed by atoms with Gasteiger partial charge in [-0.2, -0.15) is 0 Å². The fourth-order valence-electron chi connectivity index (χ4n) is 2.75. The van der Waals surface area contributed by atoms with Gasteiger partial charge in [-0.1, -0.05) is 59.8 Å². The van der Waals surface area contributed by atoms with Crippen LogP contribution in [0.4, 0.5) is 0 Å². The first-order valence-electron chi connectivity index (χ1n) is 7.95. The molecule has 1 amide bonds. The highest BCUT2D eigenvalue weighted by molar-refractivity contribution is 5.96. The van der Waals surface area contributed by atoms with Gasteiger partial charge in [-0.25, -0.2) is 0 Å². The Bertz CT molecular complexity index is 816. The molecule has 0 spiro atoms. The first kappa shape index (κ1) is 16.0. The molecule has 0 aliphatic carbocycles.